The molecule has 0 unspecified atom stereocenters. The second-order valence-electron chi connectivity index (χ2n) is 3.39. The largest absolute Gasteiger partial charge is 0.478 e. The van der Waals surface area contributed by atoms with Gasteiger partial charge in [0.05, 0.1) is 0 Å². The molecular weight excluding hydrogens is 176 g/mol. The van der Waals surface area contributed by atoms with Gasteiger partial charge in [-0.1, -0.05) is 17.9 Å². The molecule has 1 aliphatic rings. The van der Waals surface area contributed by atoms with Gasteiger partial charge in [-0.2, -0.15) is 0 Å². The van der Waals surface area contributed by atoms with Crippen molar-refractivity contribution in [1.82, 2.24) is 0 Å². The smallest absolute Gasteiger partial charge is 0.329 e. The maximum atomic E-state index is 10.3. The zero-order valence-electron chi connectivity index (χ0n) is 8.34. The van der Waals surface area contributed by atoms with Crippen molar-refractivity contribution in [2.24, 2.45) is 0 Å². The first-order chi connectivity index (χ1) is 6.68. The average Bonchev–Trinajstić information content (AvgIpc) is 2.15. The van der Waals surface area contributed by atoms with Crippen molar-refractivity contribution in [3.63, 3.8) is 0 Å². The summed E-state index contributed by atoms with van der Waals surface area (Å²) >= 11 is 0. The highest BCUT2D eigenvalue weighted by atomic mass is 16.4. The highest BCUT2D eigenvalue weighted by Crippen LogP contribution is 2.16. The summed E-state index contributed by atoms with van der Waals surface area (Å²) < 4.78 is 0. The molecule has 0 aliphatic heterocycles. The second kappa shape index (κ2) is 5.29. The van der Waals surface area contributed by atoms with Crippen LogP contribution in [0.25, 0.3) is 0 Å². The molecule has 0 radical (unpaired) electrons. The normalized spacial score (nSPS) is 16.6. The van der Waals surface area contributed by atoms with Gasteiger partial charge in [0.15, 0.2) is 0 Å². The highest BCUT2D eigenvalue weighted by molar-refractivity contribution is 5.81. The Balaban J connectivity index is 2.62. The number of carboxylic acids is 1. The van der Waals surface area contributed by atoms with E-state index in [2.05, 4.69) is 17.9 Å². The highest BCUT2D eigenvalue weighted by Gasteiger charge is 1.99. The lowest BCUT2D eigenvalue weighted by Crippen LogP contribution is -1.90. The topological polar surface area (TPSA) is 37.3 Å². The first kappa shape index (κ1) is 10.6. The van der Waals surface area contributed by atoms with E-state index in [1.54, 1.807) is 6.92 Å². The van der Waals surface area contributed by atoms with Gasteiger partial charge in [-0.3, -0.25) is 0 Å². The summed E-state index contributed by atoms with van der Waals surface area (Å²) in [5.74, 6) is 4.92. The number of carbonyl (C=O) groups is 1. The summed E-state index contributed by atoms with van der Waals surface area (Å²) in [6.45, 7) is 1.71. The molecule has 1 aliphatic carbocycles. The number of rotatable bonds is 1. The molecule has 0 atom stereocenters. The maximum Gasteiger partial charge on any atom is 0.329 e. The van der Waals surface area contributed by atoms with E-state index in [1.165, 1.54) is 12.8 Å². The summed E-state index contributed by atoms with van der Waals surface area (Å²) in [6, 6.07) is 0. The Kier molecular flexibility index (Phi) is 4.00. The van der Waals surface area contributed by atoms with Gasteiger partial charge in [-0.05, 0) is 38.2 Å². The molecule has 74 valence electrons. The van der Waals surface area contributed by atoms with Gasteiger partial charge in [0.25, 0.3) is 0 Å². The molecule has 0 heterocycles. The zero-order chi connectivity index (χ0) is 10.4. The van der Waals surface area contributed by atoms with Crippen LogP contribution in [0.4, 0.5) is 0 Å². The van der Waals surface area contributed by atoms with Gasteiger partial charge in [0, 0.05) is 11.6 Å². The van der Waals surface area contributed by atoms with Crippen LogP contribution in [-0.4, -0.2) is 11.1 Å². The number of carboxylic acid groups (broad SMARTS) is 1. The number of hydrogen-bond acceptors (Lipinski definition) is 1. The Labute approximate surface area is 84.3 Å². The lowest BCUT2D eigenvalue weighted by molar-refractivity contribution is -0.131. The van der Waals surface area contributed by atoms with Crippen molar-refractivity contribution in [2.45, 2.75) is 32.6 Å². The SMILES string of the molecule is C/C(C#CC1=CCCCC1)=C\C(=O)O. The summed E-state index contributed by atoms with van der Waals surface area (Å²) in [7, 11) is 0. The van der Waals surface area contributed by atoms with Crippen molar-refractivity contribution in [3.05, 3.63) is 23.3 Å². The molecule has 14 heavy (non-hydrogen) atoms. The predicted molar refractivity (Wildman–Crippen MR) is 55.7 cm³/mol. The van der Waals surface area contributed by atoms with E-state index < -0.39 is 5.97 Å². The van der Waals surface area contributed by atoms with Crippen LogP contribution < -0.4 is 0 Å². The Morgan fingerprint density at radius 2 is 2.36 bits per heavy atom. The second-order valence-corrected chi connectivity index (χ2v) is 3.39. The van der Waals surface area contributed by atoms with Crippen molar-refractivity contribution < 1.29 is 9.90 Å². The van der Waals surface area contributed by atoms with Gasteiger partial charge in [-0.25, -0.2) is 4.79 Å². The van der Waals surface area contributed by atoms with E-state index in [0.717, 1.165) is 24.5 Å². The predicted octanol–water partition coefficient (Wildman–Crippen LogP) is 2.52. The molecule has 0 bridgehead atoms. The van der Waals surface area contributed by atoms with E-state index in [1.807, 2.05) is 0 Å². The number of allylic oxidation sites excluding steroid dienone is 3. The molecule has 0 saturated heterocycles. The summed E-state index contributed by atoms with van der Waals surface area (Å²) in [5.41, 5.74) is 1.75. The minimum Gasteiger partial charge on any atom is -0.478 e. The summed E-state index contributed by atoms with van der Waals surface area (Å²) in [5, 5.41) is 8.46. The first-order valence-electron chi connectivity index (χ1n) is 4.81. The van der Waals surface area contributed by atoms with Crippen LogP contribution in [0.5, 0.6) is 0 Å². The molecule has 1 rings (SSSR count). The molecule has 0 aromatic heterocycles. The Morgan fingerprint density at radius 1 is 1.57 bits per heavy atom. The minimum absolute atomic E-state index is 0.601. The van der Waals surface area contributed by atoms with Crippen LogP contribution in [-0.2, 0) is 4.79 Å². The van der Waals surface area contributed by atoms with E-state index in [0.29, 0.717) is 5.57 Å². The molecule has 0 aromatic rings. The Hall–Kier alpha value is -1.49. The van der Waals surface area contributed by atoms with Crippen LogP contribution in [0.1, 0.15) is 32.6 Å². The van der Waals surface area contributed by atoms with Crippen LogP contribution >= 0.6 is 0 Å². The van der Waals surface area contributed by atoms with Gasteiger partial charge in [0.2, 0.25) is 0 Å². The van der Waals surface area contributed by atoms with Crippen LogP contribution in [0.3, 0.4) is 0 Å². The number of aliphatic carboxylic acids is 1. The zero-order valence-corrected chi connectivity index (χ0v) is 8.34. The monoisotopic (exact) mass is 190 g/mol. The van der Waals surface area contributed by atoms with Crippen molar-refractivity contribution in [1.29, 1.82) is 0 Å². The molecule has 0 spiro atoms. The van der Waals surface area contributed by atoms with Crippen molar-refractivity contribution in [3.8, 4) is 11.8 Å². The fourth-order valence-electron chi connectivity index (χ4n) is 1.35. The van der Waals surface area contributed by atoms with Crippen LogP contribution in [0.15, 0.2) is 23.3 Å². The molecule has 0 amide bonds. The third-order valence-corrected chi connectivity index (χ3v) is 2.05. The van der Waals surface area contributed by atoms with Gasteiger partial charge >= 0.3 is 5.97 Å². The van der Waals surface area contributed by atoms with E-state index in [4.69, 9.17) is 5.11 Å². The van der Waals surface area contributed by atoms with Crippen molar-refractivity contribution in [2.75, 3.05) is 0 Å². The summed E-state index contributed by atoms with van der Waals surface area (Å²) in [4.78, 5) is 10.3. The minimum atomic E-state index is -0.936. The standard InChI is InChI=1S/C12H14O2/c1-10(9-12(13)14)7-8-11-5-3-2-4-6-11/h5,9H,2-4,6H2,1H3,(H,13,14)/b10-9+. The fourth-order valence-corrected chi connectivity index (χ4v) is 1.35. The maximum absolute atomic E-state index is 10.3. The van der Waals surface area contributed by atoms with Crippen LogP contribution in [0, 0.1) is 11.8 Å². The lowest BCUT2D eigenvalue weighted by atomic mass is 10.00. The average molecular weight is 190 g/mol. The molecule has 0 saturated carbocycles. The van der Waals surface area contributed by atoms with E-state index in [9.17, 15) is 4.79 Å². The molecule has 0 fully saturated rings. The molecular formula is C12H14O2. The Morgan fingerprint density at radius 3 is 2.93 bits per heavy atom. The quantitative estimate of drug-likeness (QED) is 0.509. The molecule has 0 aromatic carbocycles. The van der Waals surface area contributed by atoms with Gasteiger partial charge in [0.1, 0.15) is 0 Å². The third kappa shape index (κ3) is 3.95. The van der Waals surface area contributed by atoms with Crippen molar-refractivity contribution >= 4 is 5.97 Å². The molecule has 2 heteroatoms. The fraction of sp³-hybridized carbons (Fsp3) is 0.417. The Bertz CT molecular complexity index is 331. The number of hydrogen-bond donors (Lipinski definition) is 1. The van der Waals surface area contributed by atoms with E-state index in [-0.39, 0.29) is 0 Å². The summed E-state index contributed by atoms with van der Waals surface area (Å²) in [6.07, 6.45) is 7.86. The van der Waals surface area contributed by atoms with Crippen LogP contribution in [0.2, 0.25) is 0 Å². The van der Waals surface area contributed by atoms with Gasteiger partial charge in [-0.15, -0.1) is 0 Å². The van der Waals surface area contributed by atoms with E-state index >= 15 is 0 Å². The molecule has 1 N–H and O–H groups in total. The molecule has 2 nitrogen and oxygen atoms in total. The third-order valence-electron chi connectivity index (χ3n) is 2.05. The lowest BCUT2D eigenvalue weighted by Gasteiger charge is -2.05. The first-order valence-corrected chi connectivity index (χ1v) is 4.81. The van der Waals surface area contributed by atoms with Gasteiger partial charge < -0.3 is 5.11 Å².